The molecule has 24 heavy (non-hydrogen) atoms. The molecular weight excluding hydrogens is 298 g/mol. The Balaban J connectivity index is 1.89. The second-order valence-corrected chi connectivity index (χ2v) is 8.15. The second kappa shape index (κ2) is 7.24. The van der Waals surface area contributed by atoms with Crippen molar-refractivity contribution in [1.29, 1.82) is 10.8 Å². The van der Waals surface area contributed by atoms with Crippen LogP contribution in [-0.2, 0) is 5.41 Å². The molecule has 4 N–H and O–H groups in total. The third-order valence-corrected chi connectivity index (χ3v) is 4.45. The monoisotopic (exact) mass is 329 g/mol. The van der Waals surface area contributed by atoms with E-state index in [1.54, 1.807) is 0 Å². The number of nitrogens with zero attached hydrogens (tertiary/aromatic N) is 1. The molecule has 1 aliphatic heterocycles. The molecule has 1 fully saturated rings. The fourth-order valence-corrected chi connectivity index (χ4v) is 3.27. The highest BCUT2D eigenvalue weighted by molar-refractivity contribution is 6.02. The Hall–Kier alpha value is -2.04. The van der Waals surface area contributed by atoms with Gasteiger partial charge in [-0.3, -0.25) is 16.1 Å². The second-order valence-electron chi connectivity index (χ2n) is 8.15. The highest BCUT2D eigenvalue weighted by atomic mass is 15.3. The third-order valence-electron chi connectivity index (χ3n) is 4.45. The minimum atomic E-state index is 0.119. The molecule has 0 aromatic heterocycles. The standard InChI is InChI=1S/C19H31N5/c1-13-10-14(2)12-24(11-13)18(21)23-17(20)22-16-8-6-15(7-9-16)19(3,4)5/h6-9,13-14H,10-12H2,1-5H3,(H4,20,21,22,23). The van der Waals surface area contributed by atoms with Crippen molar-refractivity contribution in [3.8, 4) is 0 Å². The third kappa shape index (κ3) is 4.98. The van der Waals surface area contributed by atoms with E-state index in [1.165, 1.54) is 12.0 Å². The van der Waals surface area contributed by atoms with E-state index in [9.17, 15) is 0 Å². The fourth-order valence-electron chi connectivity index (χ4n) is 3.27. The number of rotatable bonds is 1. The van der Waals surface area contributed by atoms with Crippen LogP contribution >= 0.6 is 0 Å². The maximum atomic E-state index is 8.21. The quantitative estimate of drug-likeness (QED) is 0.467. The molecule has 1 heterocycles. The molecule has 1 saturated heterocycles. The normalized spacial score (nSPS) is 21.3. The predicted octanol–water partition coefficient (Wildman–Crippen LogP) is 3.83. The van der Waals surface area contributed by atoms with Crippen molar-refractivity contribution in [2.75, 3.05) is 18.4 Å². The molecule has 1 aliphatic rings. The van der Waals surface area contributed by atoms with E-state index in [-0.39, 0.29) is 11.4 Å². The number of benzene rings is 1. The van der Waals surface area contributed by atoms with E-state index in [0.717, 1.165) is 18.8 Å². The first kappa shape index (κ1) is 18.3. The van der Waals surface area contributed by atoms with Crippen molar-refractivity contribution < 1.29 is 0 Å². The van der Waals surface area contributed by atoms with Crippen molar-refractivity contribution in [1.82, 2.24) is 10.2 Å². The topological polar surface area (TPSA) is 75.0 Å². The van der Waals surface area contributed by atoms with E-state index >= 15 is 0 Å². The number of anilines is 1. The molecule has 1 aromatic carbocycles. The number of guanidine groups is 2. The number of piperidine rings is 1. The number of hydrogen-bond acceptors (Lipinski definition) is 2. The summed E-state index contributed by atoms with van der Waals surface area (Å²) in [5, 5.41) is 22.2. The first-order valence-electron chi connectivity index (χ1n) is 8.72. The molecule has 2 unspecified atom stereocenters. The first-order chi connectivity index (χ1) is 11.1. The van der Waals surface area contributed by atoms with E-state index in [0.29, 0.717) is 17.8 Å². The average Bonchev–Trinajstić information content (AvgIpc) is 2.45. The minimum absolute atomic E-state index is 0.119. The Morgan fingerprint density at radius 3 is 2.08 bits per heavy atom. The molecule has 5 heteroatoms. The lowest BCUT2D eigenvalue weighted by Crippen LogP contribution is -2.50. The van der Waals surface area contributed by atoms with Crippen molar-refractivity contribution in [2.24, 2.45) is 11.8 Å². The lowest BCUT2D eigenvalue weighted by molar-refractivity contribution is 0.209. The SMILES string of the molecule is CC1CC(C)CN(C(=N)NC(=N)Nc2ccc(C(C)(C)C)cc2)C1. The first-order valence-corrected chi connectivity index (χ1v) is 8.72. The summed E-state index contributed by atoms with van der Waals surface area (Å²) < 4.78 is 0. The van der Waals surface area contributed by atoms with Gasteiger partial charge in [0.1, 0.15) is 0 Å². The van der Waals surface area contributed by atoms with E-state index in [2.05, 4.69) is 57.4 Å². The lowest BCUT2D eigenvalue weighted by atomic mass is 9.87. The number of likely N-dealkylation sites (tertiary alicyclic amines) is 1. The van der Waals surface area contributed by atoms with Crippen molar-refractivity contribution in [3.63, 3.8) is 0 Å². The van der Waals surface area contributed by atoms with Gasteiger partial charge >= 0.3 is 0 Å². The predicted molar refractivity (Wildman–Crippen MR) is 102 cm³/mol. The van der Waals surface area contributed by atoms with Crippen molar-refractivity contribution >= 4 is 17.6 Å². The lowest BCUT2D eigenvalue weighted by Gasteiger charge is -2.36. The van der Waals surface area contributed by atoms with Gasteiger partial charge in [-0.25, -0.2) is 0 Å². The van der Waals surface area contributed by atoms with Gasteiger partial charge in [0.2, 0.25) is 0 Å². The van der Waals surface area contributed by atoms with Crippen LogP contribution in [0.5, 0.6) is 0 Å². The van der Waals surface area contributed by atoms with Crippen LogP contribution < -0.4 is 10.6 Å². The number of hydrogen-bond donors (Lipinski definition) is 4. The van der Waals surface area contributed by atoms with Gasteiger partial charge in [0.05, 0.1) is 0 Å². The summed E-state index contributed by atoms with van der Waals surface area (Å²) in [6.45, 7) is 12.7. The largest absolute Gasteiger partial charge is 0.342 e. The maximum Gasteiger partial charge on any atom is 0.199 e. The Morgan fingerprint density at radius 1 is 1.04 bits per heavy atom. The maximum absolute atomic E-state index is 8.21. The number of nitrogens with one attached hydrogen (secondary N) is 4. The molecule has 0 radical (unpaired) electrons. The Bertz CT molecular complexity index is 575. The summed E-state index contributed by atoms with van der Waals surface area (Å²) in [5.41, 5.74) is 2.24. The van der Waals surface area contributed by atoms with Gasteiger partial charge in [0, 0.05) is 18.8 Å². The highest BCUT2D eigenvalue weighted by Crippen LogP contribution is 2.23. The van der Waals surface area contributed by atoms with Crippen LogP contribution in [0.4, 0.5) is 5.69 Å². The summed E-state index contributed by atoms with van der Waals surface area (Å²) in [7, 11) is 0. The molecule has 0 saturated carbocycles. The zero-order valence-corrected chi connectivity index (χ0v) is 15.5. The van der Waals surface area contributed by atoms with E-state index < -0.39 is 0 Å². The molecular formula is C19H31N5. The van der Waals surface area contributed by atoms with Crippen LogP contribution in [0.15, 0.2) is 24.3 Å². The summed E-state index contributed by atoms with van der Waals surface area (Å²) >= 11 is 0. The van der Waals surface area contributed by atoms with Crippen LogP contribution in [0.25, 0.3) is 0 Å². The fraction of sp³-hybridized carbons (Fsp3) is 0.579. The summed E-state index contributed by atoms with van der Waals surface area (Å²) in [6.07, 6.45) is 1.21. The Kier molecular flexibility index (Phi) is 5.52. The van der Waals surface area contributed by atoms with Gasteiger partial charge < -0.3 is 10.2 Å². The van der Waals surface area contributed by atoms with Crippen molar-refractivity contribution in [2.45, 2.75) is 46.5 Å². The van der Waals surface area contributed by atoms with E-state index in [4.69, 9.17) is 10.8 Å². The molecule has 1 aromatic rings. The van der Waals surface area contributed by atoms with Gasteiger partial charge in [0.15, 0.2) is 11.9 Å². The molecule has 0 amide bonds. The van der Waals surface area contributed by atoms with Gasteiger partial charge in [0.25, 0.3) is 0 Å². The van der Waals surface area contributed by atoms with Crippen LogP contribution in [0.2, 0.25) is 0 Å². The van der Waals surface area contributed by atoms with Gasteiger partial charge in [-0.1, -0.05) is 46.8 Å². The molecule has 0 spiro atoms. The van der Waals surface area contributed by atoms with Gasteiger partial charge in [-0.05, 0) is 41.4 Å². The molecule has 2 rings (SSSR count). The smallest absolute Gasteiger partial charge is 0.199 e. The van der Waals surface area contributed by atoms with Gasteiger partial charge in [-0.2, -0.15) is 0 Å². The average molecular weight is 329 g/mol. The molecule has 0 aliphatic carbocycles. The zero-order valence-electron chi connectivity index (χ0n) is 15.5. The molecule has 5 nitrogen and oxygen atoms in total. The zero-order chi connectivity index (χ0) is 17.9. The van der Waals surface area contributed by atoms with Crippen LogP contribution in [-0.4, -0.2) is 29.9 Å². The minimum Gasteiger partial charge on any atom is -0.342 e. The summed E-state index contributed by atoms with van der Waals surface area (Å²) in [4.78, 5) is 2.03. The highest BCUT2D eigenvalue weighted by Gasteiger charge is 2.24. The molecule has 2 atom stereocenters. The Labute approximate surface area is 145 Å². The van der Waals surface area contributed by atoms with Crippen molar-refractivity contribution in [3.05, 3.63) is 29.8 Å². The molecule has 132 valence electrons. The summed E-state index contributed by atoms with van der Waals surface area (Å²) in [6, 6.07) is 8.11. The summed E-state index contributed by atoms with van der Waals surface area (Å²) in [5.74, 6) is 1.61. The van der Waals surface area contributed by atoms with Gasteiger partial charge in [-0.15, -0.1) is 0 Å². The Morgan fingerprint density at radius 2 is 1.58 bits per heavy atom. The molecule has 0 bridgehead atoms. The van der Waals surface area contributed by atoms with E-state index in [1.807, 2.05) is 17.0 Å². The van der Waals surface area contributed by atoms with Crippen LogP contribution in [0, 0.1) is 22.7 Å². The van der Waals surface area contributed by atoms with Crippen LogP contribution in [0.3, 0.4) is 0 Å². The van der Waals surface area contributed by atoms with Crippen LogP contribution in [0.1, 0.15) is 46.6 Å².